The predicted octanol–water partition coefficient (Wildman–Crippen LogP) is 1.71. The molecular weight excluding hydrogens is 300 g/mol. The van der Waals surface area contributed by atoms with E-state index < -0.39 is 10.0 Å². The molecule has 0 aliphatic rings. The smallest absolute Gasteiger partial charge is 0.243 e. The number of nitrogens with zero attached hydrogens (tertiary/aromatic N) is 1. The molecule has 0 aliphatic carbocycles. The Morgan fingerprint density at radius 2 is 2.10 bits per heavy atom. The molecule has 114 valence electrons. The lowest BCUT2D eigenvalue weighted by Crippen LogP contribution is -2.37. The maximum absolute atomic E-state index is 12.5. The fourth-order valence-electron chi connectivity index (χ4n) is 1.79. The van der Waals surface area contributed by atoms with E-state index >= 15 is 0 Å². The van der Waals surface area contributed by atoms with Gasteiger partial charge in [-0.1, -0.05) is 11.6 Å². The molecule has 0 amide bonds. The second-order valence-corrected chi connectivity index (χ2v) is 7.01. The second kappa shape index (κ2) is 7.38. The molecule has 1 aromatic rings. The standard InChI is InChI=1S/C13H21ClN2O3S/c1-10(9-19-4)16(3)20(17,18)12-5-6-13(14)11(7-12)8-15-2/h5-7,10,15H,8-9H2,1-4H3. The first-order valence-corrected chi connectivity index (χ1v) is 8.06. The van der Waals surface area contributed by atoms with Crippen LogP contribution in [-0.4, -0.2) is 46.6 Å². The third-order valence-corrected chi connectivity index (χ3v) is 5.43. The Morgan fingerprint density at radius 3 is 2.65 bits per heavy atom. The van der Waals surface area contributed by atoms with Gasteiger partial charge in [-0.05, 0) is 37.7 Å². The third-order valence-electron chi connectivity index (χ3n) is 3.09. The lowest BCUT2D eigenvalue weighted by molar-refractivity contribution is 0.149. The fourth-order valence-corrected chi connectivity index (χ4v) is 3.37. The topological polar surface area (TPSA) is 58.6 Å². The molecule has 0 fully saturated rings. The Bertz CT molecular complexity index is 549. The SMILES string of the molecule is CNCc1cc(S(=O)(=O)N(C)C(C)COC)ccc1Cl. The summed E-state index contributed by atoms with van der Waals surface area (Å²) >= 11 is 6.05. The summed E-state index contributed by atoms with van der Waals surface area (Å²) in [4.78, 5) is 0.234. The third kappa shape index (κ3) is 3.93. The van der Waals surface area contributed by atoms with Gasteiger partial charge in [0.25, 0.3) is 0 Å². The van der Waals surface area contributed by atoms with Crippen LogP contribution in [0.3, 0.4) is 0 Å². The van der Waals surface area contributed by atoms with Crippen LogP contribution < -0.4 is 5.32 Å². The van der Waals surface area contributed by atoms with Crippen molar-refractivity contribution in [3.8, 4) is 0 Å². The number of hydrogen-bond acceptors (Lipinski definition) is 4. The molecule has 1 N–H and O–H groups in total. The van der Waals surface area contributed by atoms with Gasteiger partial charge in [0, 0.05) is 31.8 Å². The Hall–Kier alpha value is -0.660. The molecule has 0 heterocycles. The highest BCUT2D eigenvalue weighted by Crippen LogP contribution is 2.23. The zero-order chi connectivity index (χ0) is 15.3. The maximum atomic E-state index is 12.5. The zero-order valence-corrected chi connectivity index (χ0v) is 13.8. The van der Waals surface area contributed by atoms with E-state index in [9.17, 15) is 8.42 Å². The molecule has 1 aromatic carbocycles. The van der Waals surface area contributed by atoms with Crippen molar-refractivity contribution in [1.29, 1.82) is 0 Å². The Balaban J connectivity index is 3.12. The van der Waals surface area contributed by atoms with Crippen molar-refractivity contribution in [2.24, 2.45) is 0 Å². The summed E-state index contributed by atoms with van der Waals surface area (Å²) in [6.45, 7) is 2.65. The van der Waals surface area contributed by atoms with Crippen LogP contribution in [-0.2, 0) is 21.3 Å². The Labute approximate surface area is 125 Å². The number of halogens is 1. The zero-order valence-electron chi connectivity index (χ0n) is 12.2. The molecular formula is C13H21ClN2O3S. The van der Waals surface area contributed by atoms with Gasteiger partial charge in [-0.25, -0.2) is 8.42 Å². The predicted molar refractivity (Wildman–Crippen MR) is 80.5 cm³/mol. The van der Waals surface area contributed by atoms with Crippen LogP contribution >= 0.6 is 11.6 Å². The molecule has 0 aliphatic heterocycles. The van der Waals surface area contributed by atoms with Gasteiger partial charge >= 0.3 is 0 Å². The molecule has 1 unspecified atom stereocenters. The van der Waals surface area contributed by atoms with Crippen molar-refractivity contribution in [2.75, 3.05) is 27.8 Å². The summed E-state index contributed by atoms with van der Waals surface area (Å²) in [7, 11) is 1.32. The van der Waals surface area contributed by atoms with Crippen molar-refractivity contribution in [1.82, 2.24) is 9.62 Å². The van der Waals surface area contributed by atoms with E-state index in [1.165, 1.54) is 10.4 Å². The molecule has 0 saturated heterocycles. The van der Waals surface area contributed by atoms with Crippen molar-refractivity contribution >= 4 is 21.6 Å². The number of sulfonamides is 1. The molecule has 0 radical (unpaired) electrons. The molecule has 7 heteroatoms. The van der Waals surface area contributed by atoms with Gasteiger partial charge < -0.3 is 10.1 Å². The molecule has 0 bridgehead atoms. The van der Waals surface area contributed by atoms with Crippen molar-refractivity contribution < 1.29 is 13.2 Å². The summed E-state index contributed by atoms with van der Waals surface area (Å²) in [6, 6.07) is 4.49. The number of rotatable bonds is 7. The minimum atomic E-state index is -3.55. The average Bonchev–Trinajstić information content (AvgIpc) is 2.40. The van der Waals surface area contributed by atoms with Crippen LogP contribution in [0.25, 0.3) is 0 Å². The van der Waals surface area contributed by atoms with Gasteiger partial charge in [0.2, 0.25) is 10.0 Å². The van der Waals surface area contributed by atoms with Gasteiger partial charge in [-0.3, -0.25) is 0 Å². The number of benzene rings is 1. The minimum absolute atomic E-state index is 0.234. The minimum Gasteiger partial charge on any atom is -0.383 e. The molecule has 20 heavy (non-hydrogen) atoms. The first kappa shape index (κ1) is 17.4. The molecule has 5 nitrogen and oxygen atoms in total. The van der Waals surface area contributed by atoms with E-state index in [1.54, 1.807) is 40.3 Å². The summed E-state index contributed by atoms with van der Waals surface area (Å²) in [5, 5.41) is 3.51. The lowest BCUT2D eigenvalue weighted by Gasteiger charge is -2.24. The van der Waals surface area contributed by atoms with Gasteiger partial charge in [0.05, 0.1) is 11.5 Å². The summed E-state index contributed by atoms with van der Waals surface area (Å²) < 4.78 is 31.4. The van der Waals surface area contributed by atoms with Crippen molar-refractivity contribution in [2.45, 2.75) is 24.4 Å². The van der Waals surface area contributed by atoms with Crippen LogP contribution in [0.15, 0.2) is 23.1 Å². The summed E-state index contributed by atoms with van der Waals surface area (Å²) in [6.07, 6.45) is 0. The normalized spacial score (nSPS) is 13.7. The van der Waals surface area contributed by atoms with E-state index in [0.717, 1.165) is 5.56 Å². The van der Waals surface area contributed by atoms with Gasteiger partial charge in [0.15, 0.2) is 0 Å². The first-order chi connectivity index (χ1) is 9.34. The number of methoxy groups -OCH3 is 1. The average molecular weight is 321 g/mol. The molecule has 0 saturated carbocycles. The Morgan fingerprint density at radius 1 is 1.45 bits per heavy atom. The van der Waals surface area contributed by atoms with Crippen LogP contribution in [0.1, 0.15) is 12.5 Å². The quantitative estimate of drug-likeness (QED) is 0.831. The van der Waals surface area contributed by atoms with Crippen LogP contribution in [0.5, 0.6) is 0 Å². The largest absolute Gasteiger partial charge is 0.383 e. The van der Waals surface area contributed by atoms with E-state index in [2.05, 4.69) is 5.32 Å². The van der Waals surface area contributed by atoms with Crippen molar-refractivity contribution in [3.05, 3.63) is 28.8 Å². The van der Waals surface area contributed by atoms with E-state index in [-0.39, 0.29) is 10.9 Å². The Kier molecular flexibility index (Phi) is 6.42. The van der Waals surface area contributed by atoms with Crippen LogP contribution in [0, 0.1) is 0 Å². The van der Waals surface area contributed by atoms with Gasteiger partial charge in [-0.2, -0.15) is 4.31 Å². The molecule has 1 atom stereocenters. The van der Waals surface area contributed by atoms with E-state index in [1.807, 2.05) is 0 Å². The number of nitrogens with one attached hydrogen (secondary N) is 1. The molecule has 1 rings (SSSR count). The highest BCUT2D eigenvalue weighted by molar-refractivity contribution is 7.89. The van der Waals surface area contributed by atoms with Crippen LogP contribution in [0.2, 0.25) is 5.02 Å². The lowest BCUT2D eigenvalue weighted by atomic mass is 10.2. The van der Waals surface area contributed by atoms with E-state index in [4.69, 9.17) is 16.3 Å². The highest BCUT2D eigenvalue weighted by Gasteiger charge is 2.25. The number of likely N-dealkylation sites (N-methyl/N-ethyl adjacent to an activating group) is 1. The van der Waals surface area contributed by atoms with Crippen molar-refractivity contribution in [3.63, 3.8) is 0 Å². The summed E-state index contributed by atoms with van der Waals surface area (Å²) in [5.41, 5.74) is 0.753. The molecule has 0 spiro atoms. The number of hydrogen-bond donors (Lipinski definition) is 1. The highest BCUT2D eigenvalue weighted by atomic mass is 35.5. The first-order valence-electron chi connectivity index (χ1n) is 6.24. The van der Waals surface area contributed by atoms with Crippen LogP contribution in [0.4, 0.5) is 0 Å². The summed E-state index contributed by atoms with van der Waals surface area (Å²) in [5.74, 6) is 0. The maximum Gasteiger partial charge on any atom is 0.243 e. The monoisotopic (exact) mass is 320 g/mol. The van der Waals surface area contributed by atoms with Gasteiger partial charge in [-0.15, -0.1) is 0 Å². The number of ether oxygens (including phenoxy) is 1. The second-order valence-electron chi connectivity index (χ2n) is 4.61. The fraction of sp³-hybridized carbons (Fsp3) is 0.538. The van der Waals surface area contributed by atoms with E-state index in [0.29, 0.717) is 18.2 Å². The van der Waals surface area contributed by atoms with Gasteiger partial charge in [0.1, 0.15) is 0 Å². The molecule has 0 aromatic heterocycles.